The fraction of sp³-hybridized carbons (Fsp3) is 0.889. The number of carboxylic acids is 1. The Morgan fingerprint density at radius 1 is 1.14 bits per heavy atom. The number of carbonyl (C=O) groups is 1. The molecule has 0 fully saturated rings. The standard InChI is InChI=1S/C9H17F2NO2/c10-9(11,12)7-5-3-1-2-4-6-8(13)14/h1-7,12H2,(H,13,14). The van der Waals surface area contributed by atoms with E-state index >= 15 is 0 Å². The maximum absolute atomic E-state index is 12.1. The lowest BCUT2D eigenvalue weighted by atomic mass is 10.1. The largest absolute Gasteiger partial charge is 0.481 e. The van der Waals surface area contributed by atoms with Crippen LogP contribution in [0.2, 0.25) is 0 Å². The second-order valence-corrected chi connectivity index (χ2v) is 3.42. The van der Waals surface area contributed by atoms with Crippen LogP contribution in [0.3, 0.4) is 0 Å². The van der Waals surface area contributed by atoms with Gasteiger partial charge in [0, 0.05) is 12.8 Å². The average molecular weight is 209 g/mol. The SMILES string of the molecule is NC(F)(F)CCCCCCCC(=O)O. The predicted octanol–water partition coefficient (Wildman–Crippen LogP) is 2.35. The zero-order chi connectivity index (χ0) is 11.0. The summed E-state index contributed by atoms with van der Waals surface area (Å²) < 4.78 is 24.2. The minimum Gasteiger partial charge on any atom is -0.481 e. The summed E-state index contributed by atoms with van der Waals surface area (Å²) in [6.07, 6.45) is 3.15. The number of hydrogen-bond acceptors (Lipinski definition) is 2. The van der Waals surface area contributed by atoms with E-state index in [2.05, 4.69) is 5.73 Å². The highest BCUT2D eigenvalue weighted by molar-refractivity contribution is 5.66. The van der Waals surface area contributed by atoms with Gasteiger partial charge < -0.3 is 5.11 Å². The number of hydrogen-bond donors (Lipinski definition) is 2. The van der Waals surface area contributed by atoms with E-state index in [9.17, 15) is 13.6 Å². The number of nitrogens with two attached hydrogens (primary N) is 1. The van der Waals surface area contributed by atoms with Crippen LogP contribution in [0.15, 0.2) is 0 Å². The first-order valence-corrected chi connectivity index (χ1v) is 4.80. The van der Waals surface area contributed by atoms with Crippen LogP contribution in [-0.4, -0.2) is 17.1 Å². The molecular weight excluding hydrogens is 192 g/mol. The molecule has 0 saturated heterocycles. The Hall–Kier alpha value is -0.710. The second kappa shape index (κ2) is 6.70. The van der Waals surface area contributed by atoms with Crippen LogP contribution in [-0.2, 0) is 4.79 Å². The number of unbranched alkanes of at least 4 members (excludes halogenated alkanes) is 4. The molecule has 0 atom stereocenters. The Morgan fingerprint density at radius 2 is 1.64 bits per heavy atom. The van der Waals surface area contributed by atoms with Crippen LogP contribution in [0.25, 0.3) is 0 Å². The monoisotopic (exact) mass is 209 g/mol. The highest BCUT2D eigenvalue weighted by Gasteiger charge is 2.20. The molecule has 0 aromatic carbocycles. The van der Waals surface area contributed by atoms with Crippen molar-refractivity contribution in [3.05, 3.63) is 0 Å². The molecule has 84 valence electrons. The van der Waals surface area contributed by atoms with Crippen LogP contribution < -0.4 is 5.73 Å². The first-order valence-electron chi connectivity index (χ1n) is 4.80. The molecule has 0 unspecified atom stereocenters. The van der Waals surface area contributed by atoms with E-state index in [1.165, 1.54) is 0 Å². The highest BCUT2D eigenvalue weighted by atomic mass is 19.3. The Kier molecular flexibility index (Phi) is 6.36. The van der Waals surface area contributed by atoms with E-state index in [4.69, 9.17) is 5.11 Å². The predicted molar refractivity (Wildman–Crippen MR) is 49.1 cm³/mol. The summed E-state index contributed by atoms with van der Waals surface area (Å²) in [5.74, 6) is -0.807. The number of halogens is 2. The van der Waals surface area contributed by atoms with Crippen molar-refractivity contribution in [3.63, 3.8) is 0 Å². The first-order chi connectivity index (χ1) is 6.42. The van der Waals surface area contributed by atoms with Crippen molar-refractivity contribution in [3.8, 4) is 0 Å². The van der Waals surface area contributed by atoms with Crippen LogP contribution in [0.1, 0.15) is 44.9 Å². The Labute approximate surface area is 82.3 Å². The average Bonchev–Trinajstić information content (AvgIpc) is 2.00. The van der Waals surface area contributed by atoms with E-state index in [0.717, 1.165) is 12.8 Å². The van der Waals surface area contributed by atoms with Gasteiger partial charge in [-0.1, -0.05) is 19.3 Å². The molecule has 0 heterocycles. The zero-order valence-corrected chi connectivity index (χ0v) is 8.14. The fourth-order valence-electron chi connectivity index (χ4n) is 1.17. The molecule has 0 radical (unpaired) electrons. The van der Waals surface area contributed by atoms with Crippen molar-refractivity contribution in [1.29, 1.82) is 0 Å². The third kappa shape index (κ3) is 11.3. The molecule has 0 spiro atoms. The minimum atomic E-state index is -3.05. The van der Waals surface area contributed by atoms with Gasteiger partial charge in [-0.15, -0.1) is 0 Å². The third-order valence-corrected chi connectivity index (χ3v) is 1.90. The maximum atomic E-state index is 12.1. The molecule has 5 heteroatoms. The summed E-state index contributed by atoms with van der Waals surface area (Å²) in [5.41, 5.74) is 4.51. The molecule has 3 nitrogen and oxygen atoms in total. The normalized spacial score (nSPS) is 11.6. The van der Waals surface area contributed by atoms with Gasteiger partial charge in [0.2, 0.25) is 0 Å². The summed E-state index contributed by atoms with van der Waals surface area (Å²) in [5, 5.41) is 8.31. The van der Waals surface area contributed by atoms with Crippen molar-refractivity contribution in [2.75, 3.05) is 0 Å². The van der Waals surface area contributed by atoms with Crippen molar-refractivity contribution in [1.82, 2.24) is 0 Å². The summed E-state index contributed by atoms with van der Waals surface area (Å²) >= 11 is 0. The summed E-state index contributed by atoms with van der Waals surface area (Å²) in [4.78, 5) is 10.1. The lowest BCUT2D eigenvalue weighted by molar-refractivity contribution is -0.137. The van der Waals surface area contributed by atoms with Gasteiger partial charge >= 0.3 is 5.97 Å². The third-order valence-electron chi connectivity index (χ3n) is 1.90. The molecule has 0 rings (SSSR count). The van der Waals surface area contributed by atoms with E-state index in [1.54, 1.807) is 0 Å². The molecule has 0 aromatic heterocycles. The topological polar surface area (TPSA) is 63.3 Å². The van der Waals surface area contributed by atoms with Crippen LogP contribution in [0.5, 0.6) is 0 Å². The van der Waals surface area contributed by atoms with Gasteiger partial charge in [-0.05, 0) is 12.8 Å². The van der Waals surface area contributed by atoms with Gasteiger partial charge in [-0.3, -0.25) is 10.5 Å². The molecule has 3 N–H and O–H groups in total. The van der Waals surface area contributed by atoms with Gasteiger partial charge in [0.25, 0.3) is 6.05 Å². The summed E-state index contributed by atoms with van der Waals surface area (Å²) in [6, 6.07) is -3.05. The smallest absolute Gasteiger partial charge is 0.303 e. The first kappa shape index (κ1) is 13.3. The lowest BCUT2D eigenvalue weighted by Crippen LogP contribution is -2.27. The van der Waals surface area contributed by atoms with Gasteiger partial charge in [0.05, 0.1) is 0 Å². The Morgan fingerprint density at radius 3 is 2.14 bits per heavy atom. The molecule has 0 aliphatic carbocycles. The molecule has 0 aromatic rings. The van der Waals surface area contributed by atoms with Gasteiger partial charge in [0.1, 0.15) is 0 Å². The fourth-order valence-corrected chi connectivity index (χ4v) is 1.17. The highest BCUT2D eigenvalue weighted by Crippen LogP contribution is 2.16. The Balaban J connectivity index is 3.11. The summed E-state index contributed by atoms with van der Waals surface area (Å²) in [6.45, 7) is 0. The van der Waals surface area contributed by atoms with E-state index in [0.29, 0.717) is 19.3 Å². The minimum absolute atomic E-state index is 0.160. The molecule has 0 saturated carbocycles. The molecule has 0 aliphatic rings. The van der Waals surface area contributed by atoms with E-state index in [-0.39, 0.29) is 12.8 Å². The molecule has 0 amide bonds. The van der Waals surface area contributed by atoms with E-state index < -0.39 is 12.0 Å². The van der Waals surface area contributed by atoms with Gasteiger partial charge in [-0.2, -0.15) is 8.78 Å². The molecule has 0 aliphatic heterocycles. The second-order valence-electron chi connectivity index (χ2n) is 3.42. The Bertz CT molecular complexity index is 169. The van der Waals surface area contributed by atoms with Crippen LogP contribution in [0, 0.1) is 0 Å². The van der Waals surface area contributed by atoms with Crippen molar-refractivity contribution < 1.29 is 18.7 Å². The number of alkyl halides is 2. The van der Waals surface area contributed by atoms with E-state index in [1.807, 2.05) is 0 Å². The number of rotatable bonds is 8. The lowest BCUT2D eigenvalue weighted by Gasteiger charge is -2.08. The number of carboxylic acid groups (broad SMARTS) is 1. The zero-order valence-electron chi connectivity index (χ0n) is 8.14. The maximum Gasteiger partial charge on any atom is 0.303 e. The van der Waals surface area contributed by atoms with Gasteiger partial charge in [0.15, 0.2) is 0 Å². The molecule has 0 bridgehead atoms. The van der Waals surface area contributed by atoms with Crippen LogP contribution in [0.4, 0.5) is 8.78 Å². The molecule has 14 heavy (non-hydrogen) atoms. The number of aliphatic carboxylic acids is 1. The quantitative estimate of drug-likeness (QED) is 0.476. The van der Waals surface area contributed by atoms with Crippen molar-refractivity contribution in [2.45, 2.75) is 51.0 Å². The van der Waals surface area contributed by atoms with Gasteiger partial charge in [-0.25, -0.2) is 0 Å². The molecular formula is C9H17F2NO2. The van der Waals surface area contributed by atoms with Crippen LogP contribution >= 0.6 is 0 Å². The van der Waals surface area contributed by atoms with Crippen molar-refractivity contribution in [2.24, 2.45) is 5.73 Å². The summed E-state index contributed by atoms with van der Waals surface area (Å²) in [7, 11) is 0. The van der Waals surface area contributed by atoms with Crippen molar-refractivity contribution >= 4 is 5.97 Å².